The van der Waals surface area contributed by atoms with Crippen molar-refractivity contribution < 1.29 is 4.79 Å². The highest BCUT2D eigenvalue weighted by molar-refractivity contribution is 5.85. The Morgan fingerprint density at radius 2 is 2.25 bits per heavy atom. The second kappa shape index (κ2) is 9.16. The number of amides is 1. The topological polar surface area (TPSA) is 45.2 Å². The van der Waals surface area contributed by atoms with Gasteiger partial charge in [-0.1, -0.05) is 6.07 Å². The number of likely N-dealkylation sites (N-methyl/N-ethyl adjacent to an activating group) is 1. The van der Waals surface area contributed by atoms with Crippen LogP contribution in [0.1, 0.15) is 31.2 Å². The number of hydrogen-bond acceptors (Lipinski definition) is 3. The summed E-state index contributed by atoms with van der Waals surface area (Å²) in [6, 6.07) is 4.28. The standard InChI is InChI=1S/C14H21N3O.2ClH/c1-11(12-5-3-7-16-9-12)14(18)17-8-4-6-13(10-17)15-2;;/h3,5,7,9,11,13,15H,4,6,8,10H2,1-2H3;2*1H. The number of piperidine rings is 1. The minimum Gasteiger partial charge on any atom is -0.341 e. The summed E-state index contributed by atoms with van der Waals surface area (Å²) < 4.78 is 0. The Bertz CT molecular complexity index is 403. The van der Waals surface area contributed by atoms with Crippen LogP contribution in [0.15, 0.2) is 24.5 Å². The van der Waals surface area contributed by atoms with Crippen LogP contribution in [-0.4, -0.2) is 42.0 Å². The number of aromatic nitrogens is 1. The summed E-state index contributed by atoms with van der Waals surface area (Å²) in [5.41, 5.74) is 0.995. The van der Waals surface area contributed by atoms with E-state index in [1.807, 2.05) is 31.0 Å². The summed E-state index contributed by atoms with van der Waals surface area (Å²) in [6.45, 7) is 3.66. The molecule has 0 radical (unpaired) electrons. The highest BCUT2D eigenvalue weighted by atomic mass is 35.5. The fourth-order valence-electron chi connectivity index (χ4n) is 2.46. The first-order valence-corrected chi connectivity index (χ1v) is 6.58. The van der Waals surface area contributed by atoms with Gasteiger partial charge in [0, 0.05) is 31.5 Å². The Labute approximate surface area is 133 Å². The average molecular weight is 320 g/mol. The minimum absolute atomic E-state index is 0. The van der Waals surface area contributed by atoms with Gasteiger partial charge in [-0.05, 0) is 38.4 Å². The zero-order valence-corrected chi connectivity index (χ0v) is 13.5. The van der Waals surface area contributed by atoms with E-state index in [-0.39, 0.29) is 36.6 Å². The summed E-state index contributed by atoms with van der Waals surface area (Å²) in [6.07, 6.45) is 5.75. The van der Waals surface area contributed by atoms with Crippen molar-refractivity contribution in [2.24, 2.45) is 0 Å². The van der Waals surface area contributed by atoms with Gasteiger partial charge in [0.25, 0.3) is 0 Å². The van der Waals surface area contributed by atoms with Crippen molar-refractivity contribution in [3.63, 3.8) is 0 Å². The van der Waals surface area contributed by atoms with E-state index in [1.165, 1.54) is 0 Å². The molecule has 4 nitrogen and oxygen atoms in total. The maximum absolute atomic E-state index is 12.4. The molecule has 0 aromatic carbocycles. The number of nitrogens with zero attached hydrogens (tertiary/aromatic N) is 2. The third kappa shape index (κ3) is 4.62. The van der Waals surface area contributed by atoms with Crippen molar-refractivity contribution in [2.75, 3.05) is 20.1 Å². The molecule has 1 amide bonds. The zero-order valence-electron chi connectivity index (χ0n) is 11.9. The van der Waals surface area contributed by atoms with E-state index in [4.69, 9.17) is 0 Å². The molecule has 1 fully saturated rings. The highest BCUT2D eigenvalue weighted by Crippen LogP contribution is 2.19. The fourth-order valence-corrected chi connectivity index (χ4v) is 2.46. The van der Waals surface area contributed by atoms with Crippen molar-refractivity contribution in [1.82, 2.24) is 15.2 Å². The number of hydrogen-bond donors (Lipinski definition) is 1. The second-order valence-corrected chi connectivity index (χ2v) is 4.92. The first kappa shape index (κ1) is 19.2. The van der Waals surface area contributed by atoms with Crippen molar-refractivity contribution in [1.29, 1.82) is 0 Å². The Morgan fingerprint density at radius 3 is 2.85 bits per heavy atom. The van der Waals surface area contributed by atoms with Crippen LogP contribution in [0.2, 0.25) is 0 Å². The predicted molar refractivity (Wildman–Crippen MR) is 85.8 cm³/mol. The van der Waals surface area contributed by atoms with Crippen LogP contribution in [-0.2, 0) is 4.79 Å². The molecule has 6 heteroatoms. The number of nitrogens with one attached hydrogen (secondary N) is 1. The van der Waals surface area contributed by atoms with Gasteiger partial charge in [0.15, 0.2) is 0 Å². The molecule has 1 N–H and O–H groups in total. The summed E-state index contributed by atoms with van der Waals surface area (Å²) in [5, 5.41) is 3.26. The van der Waals surface area contributed by atoms with Crippen LogP contribution in [0.5, 0.6) is 0 Å². The van der Waals surface area contributed by atoms with E-state index < -0.39 is 0 Å². The molecule has 2 atom stereocenters. The van der Waals surface area contributed by atoms with E-state index in [9.17, 15) is 4.79 Å². The van der Waals surface area contributed by atoms with Crippen LogP contribution in [0, 0.1) is 0 Å². The quantitative estimate of drug-likeness (QED) is 0.929. The van der Waals surface area contributed by atoms with Crippen LogP contribution in [0.3, 0.4) is 0 Å². The third-order valence-electron chi connectivity index (χ3n) is 3.70. The van der Waals surface area contributed by atoms with E-state index in [1.54, 1.807) is 12.4 Å². The molecule has 0 spiro atoms. The molecule has 2 unspecified atom stereocenters. The molecule has 2 rings (SSSR count). The van der Waals surface area contributed by atoms with Crippen molar-refractivity contribution in [3.05, 3.63) is 30.1 Å². The number of likely N-dealkylation sites (tertiary alicyclic amines) is 1. The summed E-state index contributed by atoms with van der Waals surface area (Å²) in [4.78, 5) is 18.5. The molecule has 20 heavy (non-hydrogen) atoms. The molecular weight excluding hydrogens is 297 g/mol. The molecule has 0 aliphatic carbocycles. The van der Waals surface area contributed by atoms with Gasteiger partial charge in [-0.2, -0.15) is 0 Å². The van der Waals surface area contributed by atoms with Gasteiger partial charge in [-0.25, -0.2) is 0 Å². The van der Waals surface area contributed by atoms with E-state index >= 15 is 0 Å². The third-order valence-corrected chi connectivity index (χ3v) is 3.70. The number of carbonyl (C=O) groups excluding carboxylic acids is 1. The molecule has 114 valence electrons. The van der Waals surface area contributed by atoms with E-state index in [0.29, 0.717) is 6.04 Å². The second-order valence-electron chi connectivity index (χ2n) is 4.92. The van der Waals surface area contributed by atoms with Crippen LogP contribution >= 0.6 is 24.8 Å². The smallest absolute Gasteiger partial charge is 0.229 e. The van der Waals surface area contributed by atoms with Crippen LogP contribution < -0.4 is 5.32 Å². The normalized spacial score (nSPS) is 19.5. The molecule has 1 aromatic rings. The zero-order chi connectivity index (χ0) is 13.0. The van der Waals surface area contributed by atoms with Gasteiger partial charge in [0.2, 0.25) is 5.91 Å². The van der Waals surface area contributed by atoms with Crippen molar-refractivity contribution in [2.45, 2.75) is 31.7 Å². The Balaban J connectivity index is 0.00000180. The maximum atomic E-state index is 12.4. The lowest BCUT2D eigenvalue weighted by molar-refractivity contribution is -0.133. The molecule has 1 saturated heterocycles. The molecular formula is C14H23Cl2N3O. The first-order valence-electron chi connectivity index (χ1n) is 6.58. The minimum atomic E-state index is -0.102. The fraction of sp³-hybridized carbons (Fsp3) is 0.571. The van der Waals surface area contributed by atoms with Gasteiger partial charge < -0.3 is 10.2 Å². The lowest BCUT2D eigenvalue weighted by Gasteiger charge is -2.34. The van der Waals surface area contributed by atoms with E-state index in [2.05, 4.69) is 10.3 Å². The van der Waals surface area contributed by atoms with Crippen LogP contribution in [0.25, 0.3) is 0 Å². The van der Waals surface area contributed by atoms with Gasteiger partial charge in [-0.15, -0.1) is 24.8 Å². The largest absolute Gasteiger partial charge is 0.341 e. The Kier molecular flexibility index (Phi) is 8.78. The molecule has 0 bridgehead atoms. The Hall–Kier alpha value is -0.840. The van der Waals surface area contributed by atoms with Gasteiger partial charge >= 0.3 is 0 Å². The number of pyridine rings is 1. The molecule has 1 aromatic heterocycles. The van der Waals surface area contributed by atoms with Crippen molar-refractivity contribution >= 4 is 30.7 Å². The number of rotatable bonds is 3. The molecule has 1 aliphatic rings. The lowest BCUT2D eigenvalue weighted by atomic mass is 9.99. The first-order chi connectivity index (χ1) is 8.72. The molecule has 1 aliphatic heterocycles. The van der Waals surface area contributed by atoms with E-state index in [0.717, 1.165) is 31.5 Å². The highest BCUT2D eigenvalue weighted by Gasteiger charge is 2.26. The van der Waals surface area contributed by atoms with Crippen LogP contribution in [0.4, 0.5) is 0 Å². The predicted octanol–water partition coefficient (Wildman–Crippen LogP) is 2.24. The monoisotopic (exact) mass is 319 g/mol. The Morgan fingerprint density at radius 1 is 1.50 bits per heavy atom. The molecule has 2 heterocycles. The summed E-state index contributed by atoms with van der Waals surface area (Å²) >= 11 is 0. The average Bonchev–Trinajstić information content (AvgIpc) is 2.46. The van der Waals surface area contributed by atoms with Crippen molar-refractivity contribution in [3.8, 4) is 0 Å². The van der Waals surface area contributed by atoms with Gasteiger partial charge in [0.1, 0.15) is 0 Å². The SMILES string of the molecule is CNC1CCCN(C(=O)C(C)c2cccnc2)C1.Cl.Cl. The van der Waals surface area contributed by atoms with Gasteiger partial charge in [-0.3, -0.25) is 9.78 Å². The number of halogens is 2. The molecule has 0 saturated carbocycles. The number of carbonyl (C=O) groups is 1. The maximum Gasteiger partial charge on any atom is 0.229 e. The summed E-state index contributed by atoms with van der Waals surface area (Å²) in [5.74, 6) is 0.109. The lowest BCUT2D eigenvalue weighted by Crippen LogP contribution is -2.48. The summed E-state index contributed by atoms with van der Waals surface area (Å²) in [7, 11) is 1.96. The van der Waals surface area contributed by atoms with Gasteiger partial charge in [0.05, 0.1) is 5.92 Å².